The van der Waals surface area contributed by atoms with Gasteiger partial charge in [-0.05, 0) is 31.4 Å². The molecule has 0 saturated carbocycles. The summed E-state index contributed by atoms with van der Waals surface area (Å²) < 4.78 is 0.770. The van der Waals surface area contributed by atoms with Crippen LogP contribution in [-0.2, 0) is 11.2 Å². The molecule has 2 N–H and O–H groups in total. The summed E-state index contributed by atoms with van der Waals surface area (Å²) in [6, 6.07) is 3.85. The summed E-state index contributed by atoms with van der Waals surface area (Å²) in [7, 11) is 0. The number of nitrogens with zero attached hydrogens (tertiary/aromatic N) is 1. The fraction of sp³-hybridized carbons (Fsp3) is 0.571. The molecule has 0 aromatic carbocycles. The van der Waals surface area contributed by atoms with Crippen LogP contribution in [0.1, 0.15) is 24.6 Å². The number of hydrogen-bond acceptors (Lipinski definition) is 3. The molecule has 116 valence electrons. The third-order valence-electron chi connectivity index (χ3n) is 3.56. The van der Waals surface area contributed by atoms with Gasteiger partial charge in [0.25, 0.3) is 0 Å². The number of halogens is 1. The first-order chi connectivity index (χ1) is 10.0. The van der Waals surface area contributed by atoms with Crippen molar-refractivity contribution in [3.8, 4) is 0 Å². The van der Waals surface area contributed by atoms with E-state index in [9.17, 15) is 9.59 Å². The van der Waals surface area contributed by atoms with Gasteiger partial charge < -0.3 is 15.5 Å². The zero-order chi connectivity index (χ0) is 15.2. The van der Waals surface area contributed by atoms with Crippen molar-refractivity contribution in [2.75, 3.05) is 19.6 Å². The zero-order valence-corrected chi connectivity index (χ0v) is 13.6. The summed E-state index contributed by atoms with van der Waals surface area (Å²) in [5.74, 6) is 0.104. The van der Waals surface area contributed by atoms with Crippen LogP contribution in [-0.4, -0.2) is 42.5 Å². The summed E-state index contributed by atoms with van der Waals surface area (Å²) in [5, 5.41) is 5.81. The van der Waals surface area contributed by atoms with Crippen LogP contribution in [0.15, 0.2) is 12.1 Å². The number of urea groups is 1. The van der Waals surface area contributed by atoms with Crippen molar-refractivity contribution in [3.05, 3.63) is 21.3 Å². The topological polar surface area (TPSA) is 61.4 Å². The molecule has 1 fully saturated rings. The molecule has 0 aliphatic carbocycles. The number of thiophene rings is 1. The molecule has 0 spiro atoms. The van der Waals surface area contributed by atoms with E-state index >= 15 is 0 Å². The number of rotatable bonds is 4. The van der Waals surface area contributed by atoms with E-state index in [0.29, 0.717) is 19.6 Å². The van der Waals surface area contributed by atoms with E-state index in [0.717, 1.165) is 28.5 Å². The lowest BCUT2D eigenvalue weighted by molar-refractivity contribution is -0.129. The Bertz CT molecular complexity index is 498. The second-order valence-corrected chi connectivity index (χ2v) is 6.94. The van der Waals surface area contributed by atoms with E-state index in [1.165, 1.54) is 11.3 Å². The van der Waals surface area contributed by atoms with Gasteiger partial charge in [-0.15, -0.1) is 11.3 Å². The van der Waals surface area contributed by atoms with Crippen LogP contribution in [0.3, 0.4) is 0 Å². The molecule has 0 radical (unpaired) electrons. The van der Waals surface area contributed by atoms with Crippen molar-refractivity contribution in [2.24, 2.45) is 0 Å². The molecule has 2 rings (SSSR count). The fourth-order valence-corrected chi connectivity index (χ4v) is 3.45. The molecule has 0 atom stereocenters. The Kier molecular flexibility index (Phi) is 5.87. The number of nitrogens with one attached hydrogen (secondary N) is 2. The summed E-state index contributed by atoms with van der Waals surface area (Å²) in [6.45, 7) is 3.61. The summed E-state index contributed by atoms with van der Waals surface area (Å²) in [4.78, 5) is 26.0. The number of likely N-dealkylation sites (tertiary alicyclic amines) is 1. The van der Waals surface area contributed by atoms with Crippen molar-refractivity contribution >= 4 is 34.9 Å². The van der Waals surface area contributed by atoms with Gasteiger partial charge in [-0.25, -0.2) is 4.79 Å². The van der Waals surface area contributed by atoms with Crippen molar-refractivity contribution in [1.29, 1.82) is 0 Å². The molecule has 1 aliphatic rings. The number of carbonyl (C=O) groups excluding carboxylic acids is 2. The lowest BCUT2D eigenvalue weighted by Crippen LogP contribution is -2.49. The monoisotopic (exact) mass is 329 g/mol. The maximum Gasteiger partial charge on any atom is 0.315 e. The molecule has 5 nitrogen and oxygen atoms in total. The van der Waals surface area contributed by atoms with Crippen LogP contribution in [0.2, 0.25) is 4.34 Å². The Morgan fingerprint density at radius 2 is 2.10 bits per heavy atom. The van der Waals surface area contributed by atoms with E-state index in [1.807, 2.05) is 17.0 Å². The van der Waals surface area contributed by atoms with Gasteiger partial charge in [0.2, 0.25) is 5.91 Å². The third-order valence-corrected chi connectivity index (χ3v) is 4.85. The molecule has 1 aliphatic heterocycles. The van der Waals surface area contributed by atoms with Crippen LogP contribution in [0.5, 0.6) is 0 Å². The van der Waals surface area contributed by atoms with E-state index in [-0.39, 0.29) is 18.0 Å². The van der Waals surface area contributed by atoms with Gasteiger partial charge in [-0.3, -0.25) is 4.79 Å². The van der Waals surface area contributed by atoms with Crippen LogP contribution >= 0.6 is 22.9 Å². The minimum absolute atomic E-state index is 0.104. The van der Waals surface area contributed by atoms with Crippen molar-refractivity contribution in [1.82, 2.24) is 15.5 Å². The first-order valence-corrected chi connectivity index (χ1v) is 8.28. The molecule has 2 heterocycles. The number of hydrogen-bond donors (Lipinski definition) is 2. The highest BCUT2D eigenvalue weighted by Gasteiger charge is 2.21. The summed E-state index contributed by atoms with van der Waals surface area (Å²) >= 11 is 7.39. The van der Waals surface area contributed by atoms with Crippen molar-refractivity contribution < 1.29 is 9.59 Å². The molecule has 7 heteroatoms. The van der Waals surface area contributed by atoms with E-state index < -0.39 is 0 Å². The van der Waals surface area contributed by atoms with Gasteiger partial charge in [0, 0.05) is 37.5 Å². The predicted octanol–water partition coefficient (Wildman–Crippen LogP) is 2.25. The molecular weight excluding hydrogens is 310 g/mol. The van der Waals surface area contributed by atoms with E-state index in [2.05, 4.69) is 10.6 Å². The highest BCUT2D eigenvalue weighted by molar-refractivity contribution is 7.16. The lowest BCUT2D eigenvalue weighted by atomic mass is 10.1. The third kappa shape index (κ3) is 5.21. The zero-order valence-electron chi connectivity index (χ0n) is 12.0. The molecule has 3 amide bonds. The molecular formula is C14H20ClN3O2S. The maximum atomic E-state index is 11.8. The highest BCUT2D eigenvalue weighted by atomic mass is 35.5. The average molecular weight is 330 g/mol. The van der Waals surface area contributed by atoms with Gasteiger partial charge in [0.1, 0.15) is 0 Å². The van der Waals surface area contributed by atoms with E-state index in [1.54, 1.807) is 6.92 Å². The minimum atomic E-state index is -0.140. The second kappa shape index (κ2) is 7.66. The van der Waals surface area contributed by atoms with Gasteiger partial charge >= 0.3 is 6.03 Å². The Labute approximate surface area is 133 Å². The predicted molar refractivity (Wildman–Crippen MR) is 84.8 cm³/mol. The molecule has 0 unspecified atom stereocenters. The van der Waals surface area contributed by atoms with Gasteiger partial charge in [-0.2, -0.15) is 0 Å². The van der Waals surface area contributed by atoms with Gasteiger partial charge in [0.05, 0.1) is 4.34 Å². The van der Waals surface area contributed by atoms with Crippen LogP contribution in [0, 0.1) is 0 Å². The standard InChI is InChI=1S/C14H20ClN3O2S/c1-10(19)18-8-5-11(6-9-18)17-14(20)16-7-4-12-2-3-13(15)21-12/h2-3,11H,4-9H2,1H3,(H2,16,17,20). The Morgan fingerprint density at radius 1 is 1.38 bits per heavy atom. The second-order valence-electron chi connectivity index (χ2n) is 5.14. The Balaban J connectivity index is 1.62. The van der Waals surface area contributed by atoms with Crippen molar-refractivity contribution in [2.45, 2.75) is 32.2 Å². The smallest absolute Gasteiger partial charge is 0.315 e. The normalized spacial score (nSPS) is 15.8. The quantitative estimate of drug-likeness (QED) is 0.890. The number of piperidine rings is 1. The van der Waals surface area contributed by atoms with Crippen LogP contribution in [0.25, 0.3) is 0 Å². The maximum absolute atomic E-state index is 11.8. The Hall–Kier alpha value is -1.27. The number of amides is 3. The van der Waals surface area contributed by atoms with E-state index in [4.69, 9.17) is 11.6 Å². The summed E-state index contributed by atoms with van der Waals surface area (Å²) in [6.07, 6.45) is 2.41. The molecule has 0 bridgehead atoms. The molecule has 1 aromatic rings. The Morgan fingerprint density at radius 3 is 2.67 bits per heavy atom. The molecule has 1 saturated heterocycles. The van der Waals surface area contributed by atoms with Crippen LogP contribution < -0.4 is 10.6 Å². The van der Waals surface area contributed by atoms with Crippen molar-refractivity contribution in [3.63, 3.8) is 0 Å². The van der Waals surface area contributed by atoms with Gasteiger partial charge in [0.15, 0.2) is 0 Å². The lowest BCUT2D eigenvalue weighted by Gasteiger charge is -2.31. The average Bonchev–Trinajstić information content (AvgIpc) is 2.85. The minimum Gasteiger partial charge on any atom is -0.343 e. The first kappa shape index (κ1) is 16.1. The SMILES string of the molecule is CC(=O)N1CCC(NC(=O)NCCc2ccc(Cl)s2)CC1. The fourth-order valence-electron chi connectivity index (χ4n) is 2.36. The highest BCUT2D eigenvalue weighted by Crippen LogP contribution is 2.21. The molecule has 21 heavy (non-hydrogen) atoms. The van der Waals surface area contributed by atoms with Gasteiger partial charge in [-0.1, -0.05) is 11.6 Å². The summed E-state index contributed by atoms with van der Waals surface area (Å²) in [5.41, 5.74) is 0. The van der Waals surface area contributed by atoms with Crippen LogP contribution in [0.4, 0.5) is 4.79 Å². The largest absolute Gasteiger partial charge is 0.343 e. The molecule has 1 aromatic heterocycles. The number of carbonyl (C=O) groups is 2. The first-order valence-electron chi connectivity index (χ1n) is 7.08.